The third-order valence-corrected chi connectivity index (χ3v) is 6.06. The lowest BCUT2D eigenvalue weighted by Crippen LogP contribution is -2.45. The summed E-state index contributed by atoms with van der Waals surface area (Å²) in [6.07, 6.45) is 5.06. The highest BCUT2D eigenvalue weighted by atomic mass is 35.5. The number of aromatic nitrogens is 2. The van der Waals surface area contributed by atoms with E-state index in [-0.39, 0.29) is 22.7 Å². The topological polar surface area (TPSA) is 85.2 Å². The molecule has 2 heterocycles. The molecule has 1 aliphatic rings. The predicted molar refractivity (Wildman–Crippen MR) is 126 cm³/mol. The Labute approximate surface area is 195 Å². The average Bonchev–Trinajstić information content (AvgIpc) is 2.76. The van der Waals surface area contributed by atoms with Gasteiger partial charge in [0.25, 0.3) is 5.91 Å². The second-order valence-electron chi connectivity index (χ2n) is 8.92. The Hall–Kier alpha value is -2.69. The molecular formula is C24H31ClN6O. The fourth-order valence-corrected chi connectivity index (χ4v) is 4.34. The average molecular weight is 455 g/mol. The highest BCUT2D eigenvalue weighted by Crippen LogP contribution is 2.25. The van der Waals surface area contributed by atoms with E-state index < -0.39 is 0 Å². The molecule has 0 aliphatic carbocycles. The van der Waals surface area contributed by atoms with Crippen molar-refractivity contribution < 1.29 is 4.79 Å². The number of carbonyl (C=O) groups excluding carboxylic acids is 1. The molecule has 0 bridgehead atoms. The van der Waals surface area contributed by atoms with Gasteiger partial charge in [-0.1, -0.05) is 44.0 Å². The molecule has 1 N–H and O–H groups in total. The molecule has 7 nitrogen and oxygen atoms in total. The molecule has 1 amide bonds. The van der Waals surface area contributed by atoms with Crippen molar-refractivity contribution in [2.75, 3.05) is 11.6 Å². The molecule has 0 saturated carbocycles. The second kappa shape index (κ2) is 10.8. The summed E-state index contributed by atoms with van der Waals surface area (Å²) in [5.74, 6) is 0.285. The summed E-state index contributed by atoms with van der Waals surface area (Å²) in [5, 5.41) is 11.0. The van der Waals surface area contributed by atoms with Crippen LogP contribution in [0.2, 0.25) is 5.02 Å². The van der Waals surface area contributed by atoms with E-state index in [2.05, 4.69) is 40.2 Å². The summed E-state index contributed by atoms with van der Waals surface area (Å²) >= 11 is 6.29. The highest BCUT2D eigenvalue weighted by Gasteiger charge is 2.25. The molecule has 1 aliphatic heterocycles. The summed E-state index contributed by atoms with van der Waals surface area (Å²) in [5.41, 5.74) is 4.60. The van der Waals surface area contributed by atoms with Crippen LogP contribution >= 0.6 is 11.6 Å². The number of benzene rings is 1. The smallest absolute Gasteiger partial charge is 0.269 e. The molecule has 1 saturated heterocycles. The minimum absolute atomic E-state index is 0.000765. The standard InChI is InChI=1S/C24H31ClN6O/c1-16(2)14-31(23-21(25)13-27-22(12-26)28-23)29-24(32)20-10-6-9-19(11-20)15-30-17(3)7-5-8-18(30)4/h6,9-11,13,16-18H,5,7-8,14-15H2,1-4H3,(H,29,32). The first-order valence-corrected chi connectivity index (χ1v) is 11.5. The molecule has 32 heavy (non-hydrogen) atoms. The van der Waals surface area contributed by atoms with Gasteiger partial charge in [-0.2, -0.15) is 10.2 Å². The van der Waals surface area contributed by atoms with Crippen molar-refractivity contribution in [1.82, 2.24) is 20.3 Å². The van der Waals surface area contributed by atoms with Crippen molar-refractivity contribution >= 4 is 23.3 Å². The lowest BCUT2D eigenvalue weighted by molar-refractivity contribution is 0.0938. The summed E-state index contributed by atoms with van der Waals surface area (Å²) in [6, 6.07) is 10.7. The quantitative estimate of drug-likeness (QED) is 0.616. The van der Waals surface area contributed by atoms with Crippen LogP contribution in [0.15, 0.2) is 30.5 Å². The van der Waals surface area contributed by atoms with Gasteiger partial charge in [-0.15, -0.1) is 0 Å². The molecule has 0 spiro atoms. The number of nitriles is 1. The maximum Gasteiger partial charge on any atom is 0.269 e. The fraction of sp³-hybridized carbons (Fsp3) is 0.500. The van der Waals surface area contributed by atoms with Gasteiger partial charge in [0.1, 0.15) is 11.1 Å². The van der Waals surface area contributed by atoms with Crippen LogP contribution in [0.3, 0.4) is 0 Å². The number of anilines is 1. The van der Waals surface area contributed by atoms with Crippen molar-refractivity contribution in [2.45, 2.75) is 65.6 Å². The van der Waals surface area contributed by atoms with E-state index in [0.29, 0.717) is 30.0 Å². The Balaban J connectivity index is 1.80. The summed E-state index contributed by atoms with van der Waals surface area (Å²) in [6.45, 7) is 9.91. The van der Waals surface area contributed by atoms with Crippen LogP contribution in [0.25, 0.3) is 0 Å². The number of piperidine rings is 1. The first-order valence-electron chi connectivity index (χ1n) is 11.1. The van der Waals surface area contributed by atoms with Gasteiger partial charge in [0.05, 0.1) is 6.20 Å². The van der Waals surface area contributed by atoms with E-state index in [4.69, 9.17) is 16.9 Å². The number of amides is 1. The lowest BCUT2D eigenvalue weighted by atomic mass is 9.96. The Morgan fingerprint density at radius 1 is 1.34 bits per heavy atom. The third kappa shape index (κ3) is 5.96. The number of likely N-dealkylation sites (tertiary alicyclic amines) is 1. The molecule has 3 rings (SSSR count). The molecule has 8 heteroatoms. The molecule has 2 atom stereocenters. The molecule has 1 aromatic carbocycles. The van der Waals surface area contributed by atoms with Gasteiger partial charge in [-0.25, -0.2) is 4.98 Å². The molecular weight excluding hydrogens is 424 g/mol. The van der Waals surface area contributed by atoms with Crippen molar-refractivity contribution in [3.05, 3.63) is 52.4 Å². The van der Waals surface area contributed by atoms with Crippen LogP contribution in [0.4, 0.5) is 5.82 Å². The zero-order chi connectivity index (χ0) is 23.3. The fourth-order valence-electron chi connectivity index (χ4n) is 4.15. The molecule has 1 fully saturated rings. The van der Waals surface area contributed by atoms with Gasteiger partial charge in [0.15, 0.2) is 5.82 Å². The van der Waals surface area contributed by atoms with Crippen LogP contribution in [0.5, 0.6) is 0 Å². The Morgan fingerprint density at radius 2 is 2.06 bits per heavy atom. The zero-order valence-electron chi connectivity index (χ0n) is 19.2. The first-order chi connectivity index (χ1) is 15.3. The number of carbonyl (C=O) groups is 1. The number of hydrazine groups is 1. The van der Waals surface area contributed by atoms with Crippen LogP contribution in [0.1, 0.15) is 68.7 Å². The van der Waals surface area contributed by atoms with Gasteiger partial charge >= 0.3 is 0 Å². The Morgan fingerprint density at radius 3 is 2.72 bits per heavy atom. The van der Waals surface area contributed by atoms with Crippen molar-refractivity contribution in [3.8, 4) is 6.07 Å². The van der Waals surface area contributed by atoms with Crippen LogP contribution in [0, 0.1) is 17.2 Å². The largest absolute Gasteiger partial charge is 0.294 e. The third-order valence-electron chi connectivity index (χ3n) is 5.80. The van der Waals surface area contributed by atoms with Crippen molar-refractivity contribution in [1.29, 1.82) is 5.26 Å². The predicted octanol–water partition coefficient (Wildman–Crippen LogP) is 4.57. The maximum atomic E-state index is 13.1. The van der Waals surface area contributed by atoms with Crippen molar-refractivity contribution in [2.24, 2.45) is 5.92 Å². The van der Waals surface area contributed by atoms with E-state index in [1.807, 2.05) is 32.0 Å². The van der Waals surface area contributed by atoms with Crippen LogP contribution < -0.4 is 10.4 Å². The summed E-state index contributed by atoms with van der Waals surface area (Å²) in [4.78, 5) is 23.7. The number of nitrogens with zero attached hydrogens (tertiary/aromatic N) is 5. The number of halogens is 1. The van der Waals surface area contributed by atoms with Gasteiger partial charge in [-0.3, -0.25) is 20.1 Å². The van der Waals surface area contributed by atoms with E-state index in [0.717, 1.165) is 12.1 Å². The molecule has 1 aromatic heterocycles. The minimum Gasteiger partial charge on any atom is -0.294 e. The Bertz CT molecular complexity index is 979. The van der Waals surface area contributed by atoms with E-state index in [1.165, 1.54) is 25.5 Å². The van der Waals surface area contributed by atoms with Gasteiger partial charge in [0, 0.05) is 30.7 Å². The SMILES string of the molecule is CC(C)CN(NC(=O)c1cccc(CN2C(C)CCCC2C)c1)c1nc(C#N)ncc1Cl. The first kappa shape index (κ1) is 24.0. The second-order valence-corrected chi connectivity index (χ2v) is 9.33. The highest BCUT2D eigenvalue weighted by molar-refractivity contribution is 6.32. The van der Waals surface area contributed by atoms with Gasteiger partial charge in [0.2, 0.25) is 5.82 Å². The van der Waals surface area contributed by atoms with E-state index >= 15 is 0 Å². The normalized spacial score (nSPS) is 18.9. The number of nitrogens with one attached hydrogen (secondary N) is 1. The van der Waals surface area contributed by atoms with E-state index in [1.54, 1.807) is 11.1 Å². The molecule has 2 unspecified atom stereocenters. The van der Waals surface area contributed by atoms with Gasteiger partial charge < -0.3 is 0 Å². The monoisotopic (exact) mass is 454 g/mol. The van der Waals surface area contributed by atoms with E-state index in [9.17, 15) is 4.79 Å². The number of hydrogen-bond acceptors (Lipinski definition) is 6. The molecule has 2 aromatic rings. The molecule has 170 valence electrons. The minimum atomic E-state index is -0.250. The number of rotatable bonds is 7. The summed E-state index contributed by atoms with van der Waals surface area (Å²) < 4.78 is 0. The lowest BCUT2D eigenvalue weighted by Gasteiger charge is -2.39. The van der Waals surface area contributed by atoms with Gasteiger partial charge in [-0.05, 0) is 50.3 Å². The maximum absolute atomic E-state index is 13.1. The number of hydrogen-bond donors (Lipinski definition) is 1. The molecule has 0 radical (unpaired) electrons. The summed E-state index contributed by atoms with van der Waals surface area (Å²) in [7, 11) is 0. The zero-order valence-corrected chi connectivity index (χ0v) is 19.9. The van der Waals surface area contributed by atoms with Crippen molar-refractivity contribution in [3.63, 3.8) is 0 Å². The Kier molecular flexibility index (Phi) is 8.05. The van der Waals surface area contributed by atoms with Crippen LogP contribution in [-0.2, 0) is 6.54 Å². The van der Waals surface area contributed by atoms with Crippen LogP contribution in [-0.4, -0.2) is 39.4 Å².